The molecule has 0 spiro atoms. The number of esters is 1. The normalized spacial score (nSPS) is 45.4. The second-order valence-corrected chi connectivity index (χ2v) is 10.2. The minimum atomic E-state index is -1.02. The van der Waals surface area contributed by atoms with E-state index in [0.717, 1.165) is 19.3 Å². The lowest BCUT2D eigenvalue weighted by Crippen LogP contribution is -2.63. The molecule has 3 fully saturated rings. The first-order valence-electron chi connectivity index (χ1n) is 10.6. The van der Waals surface area contributed by atoms with Crippen molar-refractivity contribution in [2.75, 3.05) is 6.61 Å². The van der Waals surface area contributed by atoms with E-state index in [2.05, 4.69) is 6.92 Å². The van der Waals surface area contributed by atoms with E-state index >= 15 is 0 Å². The Labute approximate surface area is 167 Å². The fourth-order valence-corrected chi connectivity index (χ4v) is 7.30. The van der Waals surface area contributed by atoms with Crippen molar-refractivity contribution in [2.24, 2.45) is 33.5 Å². The van der Waals surface area contributed by atoms with Gasteiger partial charge in [0.1, 0.15) is 0 Å². The van der Waals surface area contributed by atoms with E-state index in [1.54, 1.807) is 6.92 Å². The van der Waals surface area contributed by atoms with Gasteiger partial charge in [-0.1, -0.05) is 13.3 Å². The minimum absolute atomic E-state index is 0.0689. The fraction of sp³-hybridized carbons (Fsp3) is 0.864. The molecule has 3 rings (SSSR count). The number of carboxylic acid groups (broad SMARTS) is 2. The van der Waals surface area contributed by atoms with Gasteiger partial charge in [0.15, 0.2) is 0 Å². The summed E-state index contributed by atoms with van der Waals surface area (Å²) in [6.07, 6.45) is 4.83. The average Bonchev–Trinajstić information content (AvgIpc) is 2.61. The molecule has 0 unspecified atom stereocenters. The molecule has 6 heteroatoms. The van der Waals surface area contributed by atoms with Crippen LogP contribution in [0.25, 0.3) is 0 Å². The van der Waals surface area contributed by atoms with E-state index in [9.17, 15) is 24.6 Å². The van der Waals surface area contributed by atoms with E-state index in [-0.39, 0.29) is 29.6 Å². The lowest BCUT2D eigenvalue weighted by molar-refractivity contribution is -0.206. The molecule has 0 bridgehead atoms. The van der Waals surface area contributed by atoms with Gasteiger partial charge in [0.25, 0.3) is 0 Å². The second kappa shape index (κ2) is 6.74. The first-order valence-corrected chi connectivity index (χ1v) is 10.6. The first kappa shape index (κ1) is 21.1. The standard InChI is InChI=1S/C22H34O6/c1-5-28-18(27)21(4)10-6-9-20(3)14(21)8-12-22(17(25)26)13-19(2,16(23)24)11-7-15(20)22/h14-15H,5-13H2,1-4H3,(H,23,24)(H,25,26)/t14-,15-,19-,20+,21+,22-/m0/s1. The number of hydrogen-bond donors (Lipinski definition) is 2. The van der Waals surface area contributed by atoms with Crippen molar-refractivity contribution >= 4 is 17.9 Å². The summed E-state index contributed by atoms with van der Waals surface area (Å²) < 4.78 is 5.42. The quantitative estimate of drug-likeness (QED) is 0.696. The summed E-state index contributed by atoms with van der Waals surface area (Å²) in [4.78, 5) is 37.3. The van der Waals surface area contributed by atoms with Crippen LogP contribution in [0, 0.1) is 33.5 Å². The molecule has 3 aliphatic carbocycles. The molecule has 3 saturated carbocycles. The van der Waals surface area contributed by atoms with Gasteiger partial charge in [0, 0.05) is 0 Å². The molecule has 0 aromatic carbocycles. The number of ether oxygens (including phenoxy) is 1. The van der Waals surface area contributed by atoms with Crippen LogP contribution in [0.5, 0.6) is 0 Å². The van der Waals surface area contributed by atoms with Crippen molar-refractivity contribution in [1.29, 1.82) is 0 Å². The maximum absolute atomic E-state index is 12.9. The zero-order valence-corrected chi connectivity index (χ0v) is 17.5. The number of aliphatic carboxylic acids is 2. The number of hydrogen-bond acceptors (Lipinski definition) is 4. The highest BCUT2D eigenvalue weighted by atomic mass is 16.5. The molecule has 0 heterocycles. The van der Waals surface area contributed by atoms with Crippen LogP contribution in [0.15, 0.2) is 0 Å². The third kappa shape index (κ3) is 2.78. The molecule has 0 aromatic rings. The fourth-order valence-electron chi connectivity index (χ4n) is 7.30. The SMILES string of the molecule is CCOC(=O)[C@]1(C)CCC[C@@]2(C)[C@@H]3CC[C@](C)(C(=O)O)C[C@@]3(C(=O)O)CC[C@@H]21. The number of carbonyl (C=O) groups excluding carboxylic acids is 1. The summed E-state index contributed by atoms with van der Waals surface area (Å²) in [5.74, 6) is -1.98. The monoisotopic (exact) mass is 394 g/mol. The van der Waals surface area contributed by atoms with E-state index in [1.807, 2.05) is 13.8 Å². The Bertz CT molecular complexity index is 689. The van der Waals surface area contributed by atoms with Gasteiger partial charge in [0.05, 0.1) is 22.9 Å². The smallest absolute Gasteiger partial charge is 0.312 e. The van der Waals surface area contributed by atoms with Crippen LogP contribution in [0.2, 0.25) is 0 Å². The van der Waals surface area contributed by atoms with Crippen molar-refractivity contribution in [3.63, 3.8) is 0 Å². The first-order chi connectivity index (χ1) is 13.0. The summed E-state index contributed by atoms with van der Waals surface area (Å²) in [5.41, 5.74) is -2.92. The van der Waals surface area contributed by atoms with Gasteiger partial charge in [0.2, 0.25) is 0 Å². The number of carbonyl (C=O) groups is 3. The molecule has 3 aliphatic rings. The maximum atomic E-state index is 12.9. The summed E-state index contributed by atoms with van der Waals surface area (Å²) in [6.45, 7) is 7.99. The van der Waals surface area contributed by atoms with Gasteiger partial charge >= 0.3 is 17.9 Å². The third-order valence-electron chi connectivity index (χ3n) is 8.69. The van der Waals surface area contributed by atoms with Crippen LogP contribution in [0.4, 0.5) is 0 Å². The van der Waals surface area contributed by atoms with E-state index in [4.69, 9.17) is 4.74 Å². The van der Waals surface area contributed by atoms with Crippen LogP contribution >= 0.6 is 0 Å². The average molecular weight is 395 g/mol. The van der Waals surface area contributed by atoms with Crippen LogP contribution in [0.1, 0.15) is 79.1 Å². The zero-order chi connectivity index (χ0) is 21.0. The maximum Gasteiger partial charge on any atom is 0.312 e. The van der Waals surface area contributed by atoms with Gasteiger partial charge in [-0.25, -0.2) is 0 Å². The number of rotatable bonds is 4. The van der Waals surface area contributed by atoms with Crippen molar-refractivity contribution in [3.05, 3.63) is 0 Å². The molecule has 6 nitrogen and oxygen atoms in total. The van der Waals surface area contributed by atoms with Crippen LogP contribution in [-0.4, -0.2) is 34.7 Å². The van der Waals surface area contributed by atoms with Gasteiger partial charge in [-0.2, -0.15) is 0 Å². The predicted octanol–water partition coefficient (Wildman–Crippen LogP) is 4.12. The number of carboxylic acids is 2. The van der Waals surface area contributed by atoms with E-state index in [1.165, 1.54) is 0 Å². The van der Waals surface area contributed by atoms with E-state index < -0.39 is 28.2 Å². The third-order valence-corrected chi connectivity index (χ3v) is 8.69. The molecule has 28 heavy (non-hydrogen) atoms. The molecular weight excluding hydrogens is 360 g/mol. The minimum Gasteiger partial charge on any atom is -0.481 e. The second-order valence-electron chi connectivity index (χ2n) is 10.2. The largest absolute Gasteiger partial charge is 0.481 e. The molecule has 0 amide bonds. The summed E-state index contributed by atoms with van der Waals surface area (Å²) in [6, 6.07) is 0. The number of fused-ring (bicyclic) bond motifs is 3. The Morgan fingerprint density at radius 3 is 2.14 bits per heavy atom. The molecule has 0 saturated heterocycles. The van der Waals surface area contributed by atoms with Crippen molar-refractivity contribution in [2.45, 2.75) is 79.1 Å². The lowest BCUT2D eigenvalue weighted by atomic mass is 9.39. The summed E-state index contributed by atoms with van der Waals surface area (Å²) in [7, 11) is 0. The van der Waals surface area contributed by atoms with Gasteiger partial charge < -0.3 is 14.9 Å². The Morgan fingerprint density at radius 1 is 0.929 bits per heavy atom. The molecule has 6 atom stereocenters. The molecule has 0 radical (unpaired) electrons. The molecule has 0 aromatic heterocycles. The Kier molecular flexibility index (Phi) is 5.08. The Balaban J connectivity index is 2.03. The molecule has 0 aliphatic heterocycles. The molecule has 158 valence electrons. The highest BCUT2D eigenvalue weighted by molar-refractivity contribution is 5.81. The van der Waals surface area contributed by atoms with Crippen molar-refractivity contribution in [3.8, 4) is 0 Å². The summed E-state index contributed by atoms with van der Waals surface area (Å²) in [5, 5.41) is 20.0. The molecular formula is C22H34O6. The van der Waals surface area contributed by atoms with Crippen LogP contribution in [0.3, 0.4) is 0 Å². The Hall–Kier alpha value is -1.59. The van der Waals surface area contributed by atoms with Crippen LogP contribution < -0.4 is 0 Å². The highest BCUT2D eigenvalue weighted by Gasteiger charge is 2.67. The summed E-state index contributed by atoms with van der Waals surface area (Å²) >= 11 is 0. The lowest BCUT2D eigenvalue weighted by Gasteiger charge is -2.64. The van der Waals surface area contributed by atoms with Gasteiger partial charge in [-0.05, 0) is 83.0 Å². The van der Waals surface area contributed by atoms with Gasteiger partial charge in [-0.15, -0.1) is 0 Å². The predicted molar refractivity (Wildman–Crippen MR) is 103 cm³/mol. The molecule has 2 N–H and O–H groups in total. The van der Waals surface area contributed by atoms with Crippen molar-refractivity contribution in [1.82, 2.24) is 0 Å². The zero-order valence-electron chi connectivity index (χ0n) is 17.5. The van der Waals surface area contributed by atoms with E-state index in [0.29, 0.717) is 32.3 Å². The highest BCUT2D eigenvalue weighted by Crippen LogP contribution is 2.69. The Morgan fingerprint density at radius 2 is 1.57 bits per heavy atom. The van der Waals surface area contributed by atoms with Crippen molar-refractivity contribution < 1.29 is 29.3 Å². The van der Waals surface area contributed by atoms with Gasteiger partial charge in [-0.3, -0.25) is 14.4 Å². The van der Waals surface area contributed by atoms with Crippen LogP contribution in [-0.2, 0) is 19.1 Å². The topological polar surface area (TPSA) is 101 Å².